The fourth-order valence-electron chi connectivity index (χ4n) is 2.59. The Kier molecular flexibility index (Phi) is 4.52. The van der Waals surface area contributed by atoms with Crippen LogP contribution in [0.5, 0.6) is 0 Å². The van der Waals surface area contributed by atoms with Gasteiger partial charge in [-0.1, -0.05) is 41.7 Å². The highest BCUT2D eigenvalue weighted by atomic mass is 32.2. The van der Waals surface area contributed by atoms with Crippen molar-refractivity contribution in [3.05, 3.63) is 40.4 Å². The third-order valence-corrected chi connectivity index (χ3v) is 5.02. The summed E-state index contributed by atoms with van der Waals surface area (Å²) < 4.78 is 5.92. The normalized spacial score (nSPS) is 21.1. The van der Waals surface area contributed by atoms with Crippen molar-refractivity contribution < 1.29 is 9.53 Å². The minimum atomic E-state index is -0.0338. The van der Waals surface area contributed by atoms with Crippen molar-refractivity contribution >= 4 is 39.9 Å². The first kappa shape index (κ1) is 15.5. The first-order chi connectivity index (χ1) is 10.6. The molecule has 6 heteroatoms. The lowest BCUT2D eigenvalue weighted by molar-refractivity contribution is -0.113. The average molecular weight is 334 g/mol. The van der Waals surface area contributed by atoms with Crippen LogP contribution in [0, 0.1) is 13.8 Å². The Morgan fingerprint density at radius 2 is 2.00 bits per heavy atom. The number of rotatable bonds is 2. The number of anilines is 1. The number of benzene rings is 1. The van der Waals surface area contributed by atoms with Crippen molar-refractivity contribution in [2.75, 3.05) is 31.2 Å². The van der Waals surface area contributed by atoms with Crippen LogP contribution >= 0.6 is 24.0 Å². The molecule has 1 aromatic carbocycles. The number of carbonyl (C=O) groups excluding carboxylic acids is 1. The Morgan fingerprint density at radius 3 is 2.68 bits per heavy atom. The molecule has 2 fully saturated rings. The van der Waals surface area contributed by atoms with Gasteiger partial charge in [0.1, 0.15) is 0 Å². The van der Waals surface area contributed by atoms with E-state index in [0.717, 1.165) is 24.3 Å². The second-order valence-electron chi connectivity index (χ2n) is 5.44. The Balaban J connectivity index is 1.86. The Hall–Kier alpha value is -1.37. The highest BCUT2D eigenvalue weighted by molar-refractivity contribution is 8.27. The third kappa shape index (κ3) is 3.04. The average Bonchev–Trinajstić information content (AvgIpc) is 2.75. The number of thiocarbonyl (C=S) groups is 1. The smallest absolute Gasteiger partial charge is 0.272 e. The highest BCUT2D eigenvalue weighted by Gasteiger charge is 2.34. The molecule has 2 aliphatic heterocycles. The summed E-state index contributed by atoms with van der Waals surface area (Å²) in [7, 11) is 0. The number of carbonyl (C=O) groups is 1. The van der Waals surface area contributed by atoms with E-state index in [0.29, 0.717) is 22.4 Å². The molecule has 116 valence electrons. The van der Waals surface area contributed by atoms with Crippen LogP contribution in [0.3, 0.4) is 0 Å². The number of nitrogens with zero attached hydrogens (tertiary/aromatic N) is 2. The van der Waals surface area contributed by atoms with E-state index < -0.39 is 0 Å². The van der Waals surface area contributed by atoms with Crippen LogP contribution in [0.25, 0.3) is 0 Å². The van der Waals surface area contributed by atoms with Gasteiger partial charge < -0.3 is 9.64 Å². The van der Waals surface area contributed by atoms with Gasteiger partial charge >= 0.3 is 0 Å². The maximum absolute atomic E-state index is 12.7. The highest BCUT2D eigenvalue weighted by Crippen LogP contribution is 2.36. The summed E-state index contributed by atoms with van der Waals surface area (Å²) in [5.41, 5.74) is 3.11. The lowest BCUT2D eigenvalue weighted by Crippen LogP contribution is -2.33. The summed E-state index contributed by atoms with van der Waals surface area (Å²) in [5.74, 6) is -0.0338. The van der Waals surface area contributed by atoms with Crippen LogP contribution in [0.2, 0.25) is 0 Å². The fourth-order valence-corrected chi connectivity index (χ4v) is 3.89. The lowest BCUT2D eigenvalue weighted by Gasteiger charge is -2.25. The topological polar surface area (TPSA) is 32.8 Å². The molecule has 0 radical (unpaired) electrons. The van der Waals surface area contributed by atoms with Gasteiger partial charge in [0.05, 0.1) is 23.8 Å². The molecule has 4 nitrogen and oxygen atoms in total. The maximum Gasteiger partial charge on any atom is 0.272 e. The molecule has 3 rings (SSSR count). The SMILES string of the molecule is Cc1ccc(N2C(=O)/C(=C\N3CCOCC3)SC2=S)c(C)c1. The first-order valence-corrected chi connectivity index (χ1v) is 8.46. The van der Waals surface area contributed by atoms with Crippen LogP contribution in [0.4, 0.5) is 5.69 Å². The van der Waals surface area contributed by atoms with Gasteiger partial charge in [-0.05, 0) is 25.5 Å². The van der Waals surface area contributed by atoms with Crippen LogP contribution in [-0.4, -0.2) is 41.4 Å². The van der Waals surface area contributed by atoms with E-state index in [9.17, 15) is 4.79 Å². The van der Waals surface area contributed by atoms with Crippen molar-refractivity contribution in [3.63, 3.8) is 0 Å². The zero-order valence-corrected chi connectivity index (χ0v) is 14.3. The fraction of sp³-hybridized carbons (Fsp3) is 0.375. The number of amides is 1. The first-order valence-electron chi connectivity index (χ1n) is 7.23. The van der Waals surface area contributed by atoms with Gasteiger partial charge in [0.2, 0.25) is 0 Å². The Morgan fingerprint density at radius 1 is 1.27 bits per heavy atom. The van der Waals surface area contributed by atoms with Crippen molar-refractivity contribution in [1.82, 2.24) is 4.90 Å². The summed E-state index contributed by atoms with van der Waals surface area (Å²) in [5, 5.41) is 0. The molecular weight excluding hydrogens is 316 g/mol. The number of thioether (sulfide) groups is 1. The largest absolute Gasteiger partial charge is 0.378 e. The molecule has 0 spiro atoms. The summed E-state index contributed by atoms with van der Waals surface area (Å²) in [4.78, 5) is 17.2. The number of ether oxygens (including phenoxy) is 1. The second-order valence-corrected chi connectivity index (χ2v) is 7.12. The molecule has 2 heterocycles. The molecule has 1 amide bonds. The minimum absolute atomic E-state index is 0.0338. The minimum Gasteiger partial charge on any atom is -0.378 e. The summed E-state index contributed by atoms with van der Waals surface area (Å²) in [6.45, 7) is 7.08. The lowest BCUT2D eigenvalue weighted by atomic mass is 10.1. The Labute approximate surface area is 140 Å². The van der Waals surface area contributed by atoms with Crippen LogP contribution < -0.4 is 4.90 Å². The molecule has 0 N–H and O–H groups in total. The molecule has 0 aromatic heterocycles. The van der Waals surface area contributed by atoms with Crippen molar-refractivity contribution in [2.24, 2.45) is 0 Å². The van der Waals surface area contributed by atoms with E-state index in [2.05, 4.69) is 11.0 Å². The van der Waals surface area contributed by atoms with Crippen LogP contribution in [0.1, 0.15) is 11.1 Å². The van der Waals surface area contributed by atoms with Crippen LogP contribution in [0.15, 0.2) is 29.3 Å². The zero-order valence-electron chi connectivity index (χ0n) is 12.7. The van der Waals surface area contributed by atoms with Crippen molar-refractivity contribution in [2.45, 2.75) is 13.8 Å². The number of hydrogen-bond acceptors (Lipinski definition) is 5. The predicted octanol–water partition coefficient (Wildman–Crippen LogP) is 2.84. The van der Waals surface area contributed by atoms with E-state index in [1.165, 1.54) is 17.3 Å². The van der Waals surface area contributed by atoms with Crippen molar-refractivity contribution in [3.8, 4) is 0 Å². The quantitative estimate of drug-likeness (QED) is 0.613. The number of morpholine rings is 1. The number of hydrogen-bond donors (Lipinski definition) is 0. The van der Waals surface area contributed by atoms with Gasteiger partial charge in [-0.25, -0.2) is 0 Å². The second kappa shape index (κ2) is 6.40. The third-order valence-electron chi connectivity index (χ3n) is 3.73. The molecule has 22 heavy (non-hydrogen) atoms. The van der Waals surface area contributed by atoms with Gasteiger partial charge in [0.25, 0.3) is 5.91 Å². The summed E-state index contributed by atoms with van der Waals surface area (Å²) in [6.07, 6.45) is 1.92. The number of aryl methyl sites for hydroxylation is 2. The van der Waals surface area contributed by atoms with Gasteiger partial charge in [0, 0.05) is 19.3 Å². The molecule has 0 atom stereocenters. The standard InChI is InChI=1S/C16H18N2O2S2/c1-11-3-4-13(12(2)9-11)18-15(19)14(22-16(18)21)10-17-5-7-20-8-6-17/h3-4,9-10H,5-8H2,1-2H3/b14-10+. The zero-order chi connectivity index (χ0) is 15.7. The molecular formula is C16H18N2O2S2. The summed E-state index contributed by atoms with van der Waals surface area (Å²) >= 11 is 6.79. The monoisotopic (exact) mass is 334 g/mol. The molecule has 0 saturated carbocycles. The predicted molar refractivity (Wildman–Crippen MR) is 94.1 cm³/mol. The van der Waals surface area contributed by atoms with Gasteiger partial charge in [0.15, 0.2) is 4.32 Å². The van der Waals surface area contributed by atoms with Gasteiger partial charge in [-0.2, -0.15) is 0 Å². The summed E-state index contributed by atoms with van der Waals surface area (Å²) in [6, 6.07) is 6.04. The van der Waals surface area contributed by atoms with Crippen molar-refractivity contribution in [1.29, 1.82) is 0 Å². The maximum atomic E-state index is 12.7. The molecule has 1 aromatic rings. The molecule has 0 unspecified atom stereocenters. The van der Waals surface area contributed by atoms with Gasteiger partial charge in [-0.15, -0.1) is 0 Å². The van der Waals surface area contributed by atoms with Gasteiger partial charge in [-0.3, -0.25) is 9.69 Å². The Bertz CT molecular complexity index is 652. The molecule has 2 aliphatic rings. The van der Waals surface area contributed by atoms with E-state index in [-0.39, 0.29) is 5.91 Å². The van der Waals surface area contributed by atoms with E-state index >= 15 is 0 Å². The van der Waals surface area contributed by atoms with E-state index in [1.54, 1.807) is 4.90 Å². The van der Waals surface area contributed by atoms with Crippen LogP contribution in [-0.2, 0) is 9.53 Å². The molecule has 2 saturated heterocycles. The van der Waals surface area contributed by atoms with E-state index in [4.69, 9.17) is 17.0 Å². The molecule has 0 aliphatic carbocycles. The molecule has 0 bridgehead atoms. The van der Waals surface area contributed by atoms with E-state index in [1.807, 2.05) is 32.2 Å².